The Labute approximate surface area is 96.0 Å². The lowest BCUT2D eigenvalue weighted by atomic mass is 10.1. The van der Waals surface area contributed by atoms with E-state index in [2.05, 4.69) is 0 Å². The van der Waals surface area contributed by atoms with E-state index in [0.29, 0.717) is 6.54 Å². The third-order valence-corrected chi connectivity index (χ3v) is 3.16. The van der Waals surface area contributed by atoms with Crippen LogP contribution in [0.1, 0.15) is 25.7 Å². The number of hydrogen-bond acceptors (Lipinski definition) is 4. The topological polar surface area (TPSA) is 70.0 Å². The third-order valence-electron chi connectivity index (χ3n) is 3.16. The fourth-order valence-corrected chi connectivity index (χ4v) is 2.41. The molecule has 0 aromatic rings. The quantitative estimate of drug-likeness (QED) is 0.660. The third kappa shape index (κ3) is 3.43. The molecule has 1 aliphatic carbocycles. The number of ether oxygens (including phenoxy) is 1. The monoisotopic (exact) mass is 231 g/mol. The van der Waals surface area contributed by atoms with Gasteiger partial charge >= 0.3 is 5.97 Å². The summed E-state index contributed by atoms with van der Waals surface area (Å²) in [4.78, 5) is 13.0. The minimum absolute atomic E-state index is 0.00993. The fraction of sp³-hybridized carbons (Fsp3) is 0.909. The van der Waals surface area contributed by atoms with E-state index in [4.69, 9.17) is 14.9 Å². The lowest BCUT2D eigenvalue weighted by molar-refractivity contribution is -0.146. The average molecular weight is 231 g/mol. The van der Waals surface area contributed by atoms with Gasteiger partial charge in [0.15, 0.2) is 0 Å². The number of rotatable bonds is 7. The van der Waals surface area contributed by atoms with Gasteiger partial charge in [-0.25, -0.2) is 0 Å². The molecule has 0 saturated heterocycles. The zero-order valence-corrected chi connectivity index (χ0v) is 9.76. The number of aliphatic carboxylic acids is 1. The number of carboxylic acid groups (broad SMARTS) is 1. The summed E-state index contributed by atoms with van der Waals surface area (Å²) in [6.45, 7) is 0.570. The van der Waals surface area contributed by atoms with E-state index in [1.807, 2.05) is 4.90 Å². The molecule has 0 spiro atoms. The van der Waals surface area contributed by atoms with Crippen molar-refractivity contribution in [2.24, 2.45) is 0 Å². The highest BCUT2D eigenvalue weighted by Crippen LogP contribution is 2.25. The normalized spacial score (nSPS) is 19.2. The van der Waals surface area contributed by atoms with Gasteiger partial charge in [-0.1, -0.05) is 12.8 Å². The molecule has 1 unspecified atom stereocenters. The Kier molecular flexibility index (Phi) is 5.73. The second kappa shape index (κ2) is 6.83. The van der Waals surface area contributed by atoms with Crippen LogP contribution in [-0.4, -0.2) is 60.0 Å². The van der Waals surface area contributed by atoms with E-state index in [0.717, 1.165) is 25.7 Å². The van der Waals surface area contributed by atoms with Gasteiger partial charge in [-0.2, -0.15) is 0 Å². The molecule has 94 valence electrons. The summed E-state index contributed by atoms with van der Waals surface area (Å²) in [6.07, 6.45) is 4.33. The van der Waals surface area contributed by atoms with Crippen molar-refractivity contribution in [3.63, 3.8) is 0 Å². The smallest absolute Gasteiger partial charge is 0.323 e. The molecule has 0 bridgehead atoms. The molecule has 0 aromatic heterocycles. The molecule has 0 aliphatic heterocycles. The second-order valence-electron chi connectivity index (χ2n) is 4.21. The van der Waals surface area contributed by atoms with E-state index in [9.17, 15) is 4.79 Å². The number of hydrogen-bond donors (Lipinski definition) is 2. The van der Waals surface area contributed by atoms with Crippen LogP contribution in [0.3, 0.4) is 0 Å². The predicted molar refractivity (Wildman–Crippen MR) is 59.3 cm³/mol. The number of methoxy groups -OCH3 is 1. The fourth-order valence-electron chi connectivity index (χ4n) is 2.41. The van der Waals surface area contributed by atoms with Crippen LogP contribution >= 0.6 is 0 Å². The van der Waals surface area contributed by atoms with Crippen molar-refractivity contribution >= 4 is 5.97 Å². The van der Waals surface area contributed by atoms with Crippen molar-refractivity contribution in [3.05, 3.63) is 0 Å². The minimum atomic E-state index is -0.873. The summed E-state index contributed by atoms with van der Waals surface area (Å²) in [7, 11) is 1.50. The SMILES string of the molecule is COCC(C(=O)O)N(CCO)C1CCCC1. The Morgan fingerprint density at radius 1 is 1.50 bits per heavy atom. The van der Waals surface area contributed by atoms with Gasteiger partial charge in [0.05, 0.1) is 13.2 Å². The van der Waals surface area contributed by atoms with E-state index in [-0.39, 0.29) is 19.3 Å². The van der Waals surface area contributed by atoms with Crippen LogP contribution in [0.4, 0.5) is 0 Å². The van der Waals surface area contributed by atoms with Gasteiger partial charge in [0, 0.05) is 19.7 Å². The maximum absolute atomic E-state index is 11.2. The first-order valence-electron chi connectivity index (χ1n) is 5.79. The van der Waals surface area contributed by atoms with Gasteiger partial charge in [-0.05, 0) is 12.8 Å². The number of nitrogens with zero attached hydrogens (tertiary/aromatic N) is 1. The maximum Gasteiger partial charge on any atom is 0.323 e. The van der Waals surface area contributed by atoms with E-state index in [1.54, 1.807) is 0 Å². The van der Waals surface area contributed by atoms with Crippen LogP contribution in [0.15, 0.2) is 0 Å². The molecule has 0 heterocycles. The predicted octanol–water partition coefficient (Wildman–Crippen LogP) is 0.323. The maximum atomic E-state index is 11.2. The van der Waals surface area contributed by atoms with Crippen molar-refractivity contribution < 1.29 is 19.7 Å². The summed E-state index contributed by atoms with van der Waals surface area (Å²) in [5.41, 5.74) is 0. The van der Waals surface area contributed by atoms with Crippen LogP contribution in [0.5, 0.6) is 0 Å². The highest BCUT2D eigenvalue weighted by atomic mass is 16.5. The largest absolute Gasteiger partial charge is 0.480 e. The summed E-state index contributed by atoms with van der Waals surface area (Å²) >= 11 is 0. The molecule has 1 rings (SSSR count). The van der Waals surface area contributed by atoms with Crippen LogP contribution in [-0.2, 0) is 9.53 Å². The van der Waals surface area contributed by atoms with Crippen LogP contribution < -0.4 is 0 Å². The lowest BCUT2D eigenvalue weighted by Gasteiger charge is -2.33. The molecule has 1 atom stereocenters. The molecule has 5 nitrogen and oxygen atoms in total. The zero-order chi connectivity index (χ0) is 12.0. The summed E-state index contributed by atoms with van der Waals surface area (Å²) in [6, 6.07) is -0.358. The van der Waals surface area contributed by atoms with Crippen LogP contribution in [0.25, 0.3) is 0 Å². The summed E-state index contributed by atoms with van der Waals surface area (Å²) < 4.78 is 4.95. The Morgan fingerprint density at radius 2 is 2.12 bits per heavy atom. The molecular weight excluding hydrogens is 210 g/mol. The zero-order valence-electron chi connectivity index (χ0n) is 9.76. The molecule has 0 radical (unpaired) electrons. The molecule has 0 amide bonds. The van der Waals surface area contributed by atoms with Gasteiger partial charge in [0.2, 0.25) is 0 Å². The molecule has 1 fully saturated rings. The van der Waals surface area contributed by atoms with Crippen LogP contribution in [0, 0.1) is 0 Å². The first kappa shape index (κ1) is 13.4. The number of carbonyl (C=O) groups is 1. The molecule has 0 aromatic carbocycles. The van der Waals surface area contributed by atoms with Gasteiger partial charge in [-0.15, -0.1) is 0 Å². The minimum Gasteiger partial charge on any atom is -0.480 e. The van der Waals surface area contributed by atoms with Gasteiger partial charge in [0.25, 0.3) is 0 Å². The number of aliphatic hydroxyl groups excluding tert-OH is 1. The number of aliphatic hydroxyl groups is 1. The number of carboxylic acids is 1. The standard InChI is InChI=1S/C11H21NO4/c1-16-8-10(11(14)15)12(6-7-13)9-4-2-3-5-9/h9-10,13H,2-8H2,1H3,(H,14,15). The second-order valence-corrected chi connectivity index (χ2v) is 4.21. The molecule has 16 heavy (non-hydrogen) atoms. The molecule has 2 N–H and O–H groups in total. The Bertz CT molecular complexity index is 216. The van der Waals surface area contributed by atoms with E-state index in [1.165, 1.54) is 7.11 Å². The molecule has 5 heteroatoms. The highest BCUT2D eigenvalue weighted by molar-refractivity contribution is 5.73. The highest BCUT2D eigenvalue weighted by Gasteiger charge is 2.32. The van der Waals surface area contributed by atoms with Crippen molar-refractivity contribution in [3.8, 4) is 0 Å². The van der Waals surface area contributed by atoms with Crippen molar-refractivity contribution in [2.45, 2.75) is 37.8 Å². The summed E-state index contributed by atoms with van der Waals surface area (Å²) in [5, 5.41) is 18.2. The van der Waals surface area contributed by atoms with Crippen molar-refractivity contribution in [2.75, 3.05) is 26.9 Å². The van der Waals surface area contributed by atoms with Crippen molar-refractivity contribution in [1.82, 2.24) is 4.90 Å². The van der Waals surface area contributed by atoms with Gasteiger partial charge in [-0.3, -0.25) is 9.69 Å². The van der Waals surface area contributed by atoms with Gasteiger partial charge in [0.1, 0.15) is 6.04 Å². The lowest BCUT2D eigenvalue weighted by Crippen LogP contribution is -2.50. The Balaban J connectivity index is 2.67. The van der Waals surface area contributed by atoms with Crippen molar-refractivity contribution in [1.29, 1.82) is 0 Å². The van der Waals surface area contributed by atoms with Gasteiger partial charge < -0.3 is 14.9 Å². The first-order chi connectivity index (χ1) is 7.70. The van der Waals surface area contributed by atoms with E-state index < -0.39 is 12.0 Å². The molecule has 1 aliphatic rings. The van der Waals surface area contributed by atoms with Crippen LogP contribution in [0.2, 0.25) is 0 Å². The first-order valence-corrected chi connectivity index (χ1v) is 5.79. The average Bonchev–Trinajstić information content (AvgIpc) is 2.76. The van der Waals surface area contributed by atoms with E-state index >= 15 is 0 Å². The Hall–Kier alpha value is -0.650. The Morgan fingerprint density at radius 3 is 2.56 bits per heavy atom. The summed E-state index contributed by atoms with van der Waals surface area (Å²) in [5.74, 6) is -0.873. The molecular formula is C11H21NO4. The molecule has 1 saturated carbocycles.